The molecule has 1 unspecified atom stereocenters. The molecule has 0 spiro atoms. The summed E-state index contributed by atoms with van der Waals surface area (Å²) >= 11 is 7.40. The molecule has 0 radical (unpaired) electrons. The molecule has 1 aromatic heterocycles. The van der Waals surface area contributed by atoms with E-state index in [9.17, 15) is 18.4 Å². The van der Waals surface area contributed by atoms with E-state index in [0.29, 0.717) is 18.7 Å². The van der Waals surface area contributed by atoms with Crippen molar-refractivity contribution in [1.29, 1.82) is 0 Å². The standard InChI is InChI=1S/C26H28ClF2N3O2S/c1-4-18(3)32(26(34)30-21-9-10-23(29)22(27)13-21)16-25(33)31(15-24-17(2)11-12-35-24)14-19-5-7-20(28)8-6-19/h5-13,18H,4,14-16H2,1-3H3,(H,30,34). The number of urea groups is 1. The molecule has 3 aromatic rings. The summed E-state index contributed by atoms with van der Waals surface area (Å²) in [6, 6.07) is 11.2. The topological polar surface area (TPSA) is 52.7 Å². The lowest BCUT2D eigenvalue weighted by Crippen LogP contribution is -2.47. The van der Waals surface area contributed by atoms with E-state index in [0.717, 1.165) is 16.0 Å². The molecule has 3 rings (SSSR count). The van der Waals surface area contributed by atoms with Crippen LogP contribution in [0.5, 0.6) is 0 Å². The molecule has 3 amide bonds. The number of aryl methyl sites for hydroxylation is 1. The van der Waals surface area contributed by atoms with Gasteiger partial charge in [-0.1, -0.05) is 30.7 Å². The number of thiophene rings is 1. The summed E-state index contributed by atoms with van der Waals surface area (Å²) in [6.07, 6.45) is 0.632. The molecule has 1 atom stereocenters. The molecule has 0 bridgehead atoms. The fourth-order valence-corrected chi connectivity index (χ4v) is 4.55. The molecule has 0 saturated carbocycles. The molecule has 0 aliphatic rings. The quantitative estimate of drug-likeness (QED) is 0.336. The number of amides is 3. The van der Waals surface area contributed by atoms with Crippen molar-refractivity contribution in [3.8, 4) is 0 Å². The maximum atomic E-state index is 13.5. The third-order valence-electron chi connectivity index (χ3n) is 5.80. The van der Waals surface area contributed by atoms with Crippen LogP contribution in [0.1, 0.15) is 36.3 Å². The van der Waals surface area contributed by atoms with Crippen LogP contribution < -0.4 is 5.32 Å². The van der Waals surface area contributed by atoms with Gasteiger partial charge in [0.25, 0.3) is 0 Å². The first-order valence-electron chi connectivity index (χ1n) is 11.3. The fourth-order valence-electron chi connectivity index (χ4n) is 3.44. The maximum Gasteiger partial charge on any atom is 0.322 e. The molecular weight excluding hydrogens is 492 g/mol. The van der Waals surface area contributed by atoms with Gasteiger partial charge in [0.1, 0.15) is 18.2 Å². The number of anilines is 1. The van der Waals surface area contributed by atoms with Crippen molar-refractivity contribution in [3.05, 3.63) is 86.6 Å². The monoisotopic (exact) mass is 519 g/mol. The van der Waals surface area contributed by atoms with Crippen molar-refractivity contribution in [1.82, 2.24) is 9.80 Å². The Morgan fingerprint density at radius 2 is 1.80 bits per heavy atom. The summed E-state index contributed by atoms with van der Waals surface area (Å²) in [4.78, 5) is 30.8. The Labute approximate surface area is 213 Å². The van der Waals surface area contributed by atoms with Crippen molar-refractivity contribution in [2.75, 3.05) is 11.9 Å². The fraction of sp³-hybridized carbons (Fsp3) is 0.308. The molecule has 0 aliphatic heterocycles. The highest BCUT2D eigenvalue weighted by Gasteiger charge is 2.26. The maximum absolute atomic E-state index is 13.5. The van der Waals surface area contributed by atoms with Crippen molar-refractivity contribution in [2.24, 2.45) is 0 Å². The van der Waals surface area contributed by atoms with Crippen molar-refractivity contribution >= 4 is 40.6 Å². The number of halogens is 3. The van der Waals surface area contributed by atoms with Crippen LogP contribution in [0.4, 0.5) is 19.3 Å². The zero-order chi connectivity index (χ0) is 25.5. The lowest BCUT2D eigenvalue weighted by atomic mass is 10.2. The van der Waals surface area contributed by atoms with Gasteiger partial charge < -0.3 is 15.1 Å². The average Bonchev–Trinajstić information content (AvgIpc) is 3.24. The van der Waals surface area contributed by atoms with Gasteiger partial charge in [0.05, 0.1) is 11.6 Å². The Morgan fingerprint density at radius 1 is 1.09 bits per heavy atom. The summed E-state index contributed by atoms with van der Waals surface area (Å²) in [7, 11) is 0. The van der Waals surface area contributed by atoms with Gasteiger partial charge in [-0.05, 0) is 73.2 Å². The van der Waals surface area contributed by atoms with E-state index in [1.807, 2.05) is 32.2 Å². The van der Waals surface area contributed by atoms with Crippen LogP contribution in [0, 0.1) is 18.6 Å². The first-order valence-corrected chi connectivity index (χ1v) is 12.5. The number of benzene rings is 2. The van der Waals surface area contributed by atoms with Crippen molar-refractivity contribution in [2.45, 2.75) is 46.3 Å². The Hall–Kier alpha value is -2.97. The molecule has 0 saturated heterocycles. The zero-order valence-electron chi connectivity index (χ0n) is 19.9. The van der Waals surface area contributed by atoms with E-state index < -0.39 is 11.8 Å². The molecule has 9 heteroatoms. The number of nitrogens with zero attached hydrogens (tertiary/aromatic N) is 2. The Bertz CT molecular complexity index is 1170. The van der Waals surface area contributed by atoms with E-state index in [2.05, 4.69) is 5.32 Å². The van der Waals surface area contributed by atoms with E-state index in [4.69, 9.17) is 11.6 Å². The minimum Gasteiger partial charge on any atom is -0.332 e. The highest BCUT2D eigenvalue weighted by molar-refractivity contribution is 7.10. The molecule has 186 valence electrons. The molecule has 0 aliphatic carbocycles. The summed E-state index contributed by atoms with van der Waals surface area (Å²) < 4.78 is 26.9. The summed E-state index contributed by atoms with van der Waals surface area (Å²) in [5, 5.41) is 4.57. The average molecular weight is 520 g/mol. The van der Waals surface area contributed by atoms with Gasteiger partial charge in [0.15, 0.2) is 0 Å². The van der Waals surface area contributed by atoms with Crippen LogP contribution in [-0.4, -0.2) is 34.3 Å². The highest BCUT2D eigenvalue weighted by Crippen LogP contribution is 2.22. The predicted octanol–water partition coefficient (Wildman–Crippen LogP) is 6.85. The van der Waals surface area contributed by atoms with E-state index in [1.165, 1.54) is 35.2 Å². The third kappa shape index (κ3) is 7.26. The minimum absolute atomic E-state index is 0.106. The minimum atomic E-state index is -0.584. The van der Waals surface area contributed by atoms with Gasteiger partial charge in [-0.2, -0.15) is 0 Å². The second-order valence-electron chi connectivity index (χ2n) is 8.35. The number of hydrogen-bond donors (Lipinski definition) is 1. The zero-order valence-corrected chi connectivity index (χ0v) is 21.4. The van der Waals surface area contributed by atoms with Crippen molar-refractivity contribution in [3.63, 3.8) is 0 Å². The second-order valence-corrected chi connectivity index (χ2v) is 9.76. The Kier molecular flexibility index (Phi) is 9.23. The van der Waals surface area contributed by atoms with Gasteiger partial charge in [-0.15, -0.1) is 11.3 Å². The summed E-state index contributed by atoms with van der Waals surface area (Å²) in [6.45, 7) is 6.28. The smallest absolute Gasteiger partial charge is 0.322 e. The lowest BCUT2D eigenvalue weighted by molar-refractivity contribution is -0.133. The van der Waals surface area contributed by atoms with Gasteiger partial charge >= 0.3 is 6.03 Å². The Morgan fingerprint density at radius 3 is 2.40 bits per heavy atom. The normalized spacial score (nSPS) is 11.7. The molecule has 35 heavy (non-hydrogen) atoms. The molecule has 1 N–H and O–H groups in total. The van der Waals surface area contributed by atoms with Crippen LogP contribution >= 0.6 is 22.9 Å². The van der Waals surface area contributed by atoms with Crippen LogP contribution in [0.3, 0.4) is 0 Å². The van der Waals surface area contributed by atoms with Gasteiger partial charge in [0, 0.05) is 23.2 Å². The van der Waals surface area contributed by atoms with Crippen LogP contribution in [-0.2, 0) is 17.9 Å². The largest absolute Gasteiger partial charge is 0.332 e. The second kappa shape index (κ2) is 12.1. The third-order valence-corrected chi connectivity index (χ3v) is 7.10. The first-order chi connectivity index (χ1) is 16.7. The summed E-state index contributed by atoms with van der Waals surface area (Å²) in [5.41, 5.74) is 2.20. The number of carbonyl (C=O) groups is 2. The van der Waals surface area contributed by atoms with Crippen LogP contribution in [0.25, 0.3) is 0 Å². The van der Waals surface area contributed by atoms with Crippen LogP contribution in [0.15, 0.2) is 53.9 Å². The highest BCUT2D eigenvalue weighted by atomic mass is 35.5. The molecule has 2 aromatic carbocycles. The van der Waals surface area contributed by atoms with E-state index in [-0.39, 0.29) is 35.9 Å². The SMILES string of the molecule is CCC(C)N(CC(=O)N(Cc1ccc(F)cc1)Cc1sccc1C)C(=O)Nc1ccc(F)c(Cl)c1. The predicted molar refractivity (Wildman–Crippen MR) is 137 cm³/mol. The van der Waals surface area contributed by atoms with Gasteiger partial charge in [-0.3, -0.25) is 4.79 Å². The summed E-state index contributed by atoms with van der Waals surface area (Å²) in [5.74, 6) is -1.17. The number of carbonyl (C=O) groups excluding carboxylic acids is 2. The molecule has 1 heterocycles. The number of hydrogen-bond acceptors (Lipinski definition) is 3. The van der Waals surface area contributed by atoms with Crippen LogP contribution in [0.2, 0.25) is 5.02 Å². The van der Waals surface area contributed by atoms with E-state index >= 15 is 0 Å². The van der Waals surface area contributed by atoms with Gasteiger partial charge in [-0.25, -0.2) is 13.6 Å². The van der Waals surface area contributed by atoms with Gasteiger partial charge in [0.2, 0.25) is 5.91 Å². The molecule has 0 fully saturated rings. The van der Waals surface area contributed by atoms with Crippen molar-refractivity contribution < 1.29 is 18.4 Å². The number of nitrogens with one attached hydrogen (secondary N) is 1. The Balaban J connectivity index is 1.80. The molecular formula is C26H28ClF2N3O2S. The first kappa shape index (κ1) is 26.6. The molecule has 5 nitrogen and oxygen atoms in total. The van der Waals surface area contributed by atoms with E-state index in [1.54, 1.807) is 28.4 Å². The number of rotatable bonds is 9. The lowest BCUT2D eigenvalue weighted by Gasteiger charge is -2.31.